The lowest BCUT2D eigenvalue weighted by molar-refractivity contribution is -0.164. The van der Waals surface area contributed by atoms with Gasteiger partial charge in [0, 0.05) is 25.0 Å². The third kappa shape index (κ3) is 7.98. The van der Waals surface area contributed by atoms with E-state index in [1.807, 2.05) is 40.7 Å². The van der Waals surface area contributed by atoms with Crippen LogP contribution in [0.2, 0.25) is 0 Å². The van der Waals surface area contributed by atoms with E-state index in [0.29, 0.717) is 23.6 Å². The minimum atomic E-state index is -0.591. The van der Waals surface area contributed by atoms with Crippen molar-refractivity contribution in [2.75, 3.05) is 18.0 Å². The predicted octanol–water partition coefficient (Wildman–Crippen LogP) is 5.91. The van der Waals surface area contributed by atoms with Crippen molar-refractivity contribution in [2.45, 2.75) is 116 Å². The highest BCUT2D eigenvalue weighted by molar-refractivity contribution is 5.71. The van der Waals surface area contributed by atoms with Crippen molar-refractivity contribution in [2.24, 2.45) is 0 Å². The van der Waals surface area contributed by atoms with Crippen LogP contribution < -0.4 is 4.90 Å². The Kier molecular flexibility index (Phi) is 7.98. The van der Waals surface area contributed by atoms with Crippen LogP contribution in [0.1, 0.15) is 86.8 Å². The van der Waals surface area contributed by atoms with Crippen LogP contribution in [0.5, 0.6) is 0 Å². The molecule has 1 aromatic heterocycles. The molecular weight excluding hydrogens is 426 g/mol. The fourth-order valence-corrected chi connectivity index (χ4v) is 4.58. The summed E-state index contributed by atoms with van der Waals surface area (Å²) in [5.41, 5.74) is 1.17. The van der Waals surface area contributed by atoms with Crippen LogP contribution in [-0.4, -0.2) is 53.2 Å². The Bertz CT molecular complexity index is 942. The summed E-state index contributed by atoms with van der Waals surface area (Å²) in [6, 6.07) is 1.94. The number of nitrogens with zero attached hydrogens (tertiary/aromatic N) is 3. The van der Waals surface area contributed by atoms with Crippen LogP contribution in [0.3, 0.4) is 0 Å². The van der Waals surface area contributed by atoms with Gasteiger partial charge in [0.25, 0.3) is 0 Å². The molecule has 6 heteroatoms. The number of ether oxygens (including phenoxy) is 3. The van der Waals surface area contributed by atoms with Crippen LogP contribution in [0.25, 0.3) is 4.85 Å². The standard InChI is InChI=1S/C28H41N3O3/c1-26(2,3)33-23-17-22(18-23)32-21-11-14-31(15-12-21)25-16-20(30-19-24(25)29-9)10-13-28(7,8)34-27(4,5)6/h16,19,21-23H,11-12,14-15,17-18H2,1-8H3. The van der Waals surface area contributed by atoms with Gasteiger partial charge in [0.15, 0.2) is 0 Å². The molecular formula is C28H41N3O3. The second-order valence-corrected chi connectivity index (χ2v) is 11.9. The highest BCUT2D eigenvalue weighted by Gasteiger charge is 2.36. The maximum absolute atomic E-state index is 7.58. The Balaban J connectivity index is 1.58. The molecule has 3 rings (SSSR count). The smallest absolute Gasteiger partial charge is 0.227 e. The fraction of sp³-hybridized carbons (Fsp3) is 0.714. The van der Waals surface area contributed by atoms with Crippen LogP contribution in [0, 0.1) is 18.4 Å². The molecule has 2 fully saturated rings. The molecule has 186 valence electrons. The topological polar surface area (TPSA) is 48.2 Å². The molecule has 1 aliphatic carbocycles. The fourth-order valence-electron chi connectivity index (χ4n) is 4.58. The molecule has 0 radical (unpaired) electrons. The van der Waals surface area contributed by atoms with Gasteiger partial charge in [-0.05, 0) is 93.1 Å². The number of aromatic nitrogens is 1. The number of rotatable bonds is 5. The van der Waals surface area contributed by atoms with Gasteiger partial charge in [0.2, 0.25) is 5.69 Å². The Morgan fingerprint density at radius 2 is 1.62 bits per heavy atom. The van der Waals surface area contributed by atoms with Gasteiger partial charge in [0.1, 0.15) is 11.3 Å². The van der Waals surface area contributed by atoms with E-state index in [0.717, 1.165) is 44.5 Å². The number of hydrogen-bond donors (Lipinski definition) is 0. The predicted molar refractivity (Wildman–Crippen MR) is 136 cm³/mol. The molecule has 1 aromatic rings. The number of piperidine rings is 1. The third-order valence-corrected chi connectivity index (χ3v) is 5.77. The molecule has 0 amide bonds. The number of anilines is 1. The summed E-state index contributed by atoms with van der Waals surface area (Å²) in [5, 5.41) is 0. The quantitative estimate of drug-likeness (QED) is 0.398. The molecule has 0 spiro atoms. The number of hydrogen-bond acceptors (Lipinski definition) is 5. The van der Waals surface area contributed by atoms with E-state index in [1.165, 1.54) is 0 Å². The largest absolute Gasteiger partial charge is 0.380 e. The summed E-state index contributed by atoms with van der Waals surface area (Å²) in [6.45, 7) is 25.6. The summed E-state index contributed by atoms with van der Waals surface area (Å²) in [6.07, 6.45) is 6.41. The summed E-state index contributed by atoms with van der Waals surface area (Å²) in [7, 11) is 0. The third-order valence-electron chi connectivity index (χ3n) is 5.77. The van der Waals surface area contributed by atoms with E-state index in [2.05, 4.69) is 47.3 Å². The van der Waals surface area contributed by atoms with Crippen molar-refractivity contribution >= 4 is 11.4 Å². The first kappa shape index (κ1) is 26.5. The highest BCUT2D eigenvalue weighted by Crippen LogP contribution is 2.34. The van der Waals surface area contributed by atoms with E-state index in [-0.39, 0.29) is 17.3 Å². The van der Waals surface area contributed by atoms with Crippen molar-refractivity contribution in [1.29, 1.82) is 0 Å². The van der Waals surface area contributed by atoms with Gasteiger partial charge in [-0.1, -0.05) is 5.92 Å². The van der Waals surface area contributed by atoms with Gasteiger partial charge in [-0.2, -0.15) is 0 Å². The minimum Gasteiger partial charge on any atom is -0.380 e. The lowest BCUT2D eigenvalue weighted by Crippen LogP contribution is -2.45. The summed E-state index contributed by atoms with van der Waals surface area (Å²) < 4.78 is 18.4. The lowest BCUT2D eigenvalue weighted by Gasteiger charge is -2.42. The van der Waals surface area contributed by atoms with Gasteiger partial charge in [-0.25, -0.2) is 4.85 Å². The molecule has 0 unspecified atom stereocenters. The maximum Gasteiger partial charge on any atom is 0.227 e. The van der Waals surface area contributed by atoms with E-state index in [4.69, 9.17) is 20.8 Å². The molecule has 2 aliphatic rings. The highest BCUT2D eigenvalue weighted by atomic mass is 16.5. The van der Waals surface area contributed by atoms with Crippen molar-refractivity contribution in [1.82, 2.24) is 4.98 Å². The van der Waals surface area contributed by atoms with Crippen molar-refractivity contribution in [3.8, 4) is 11.8 Å². The Morgan fingerprint density at radius 1 is 0.971 bits per heavy atom. The van der Waals surface area contributed by atoms with E-state index in [1.54, 1.807) is 6.20 Å². The average molecular weight is 468 g/mol. The SMILES string of the molecule is [C-]#[N+]c1cnc(C#CC(C)(C)OC(C)(C)C)cc1N1CCC(OC2CC(OC(C)(C)C)C2)CC1. The van der Waals surface area contributed by atoms with Gasteiger partial charge in [-0.3, -0.25) is 4.98 Å². The normalized spacial score (nSPS) is 21.9. The van der Waals surface area contributed by atoms with Gasteiger partial charge in [0.05, 0.1) is 36.1 Å². The Morgan fingerprint density at radius 3 is 2.18 bits per heavy atom. The van der Waals surface area contributed by atoms with Crippen molar-refractivity contribution in [3.63, 3.8) is 0 Å². The molecule has 0 bridgehead atoms. The Labute approximate surface area is 206 Å². The zero-order valence-corrected chi connectivity index (χ0v) is 22.2. The number of pyridine rings is 1. The average Bonchev–Trinajstić information content (AvgIpc) is 2.68. The van der Waals surface area contributed by atoms with Crippen LogP contribution in [-0.2, 0) is 14.2 Å². The second kappa shape index (κ2) is 10.2. The zero-order valence-electron chi connectivity index (χ0n) is 22.2. The minimum absolute atomic E-state index is 0.0925. The van der Waals surface area contributed by atoms with Crippen molar-refractivity contribution < 1.29 is 14.2 Å². The van der Waals surface area contributed by atoms with Crippen molar-refractivity contribution in [3.05, 3.63) is 29.4 Å². The molecule has 0 N–H and O–H groups in total. The molecule has 1 saturated heterocycles. The van der Waals surface area contributed by atoms with E-state index >= 15 is 0 Å². The molecule has 34 heavy (non-hydrogen) atoms. The molecule has 0 aromatic carbocycles. The van der Waals surface area contributed by atoms with Gasteiger partial charge in [-0.15, -0.1) is 0 Å². The first-order valence-electron chi connectivity index (χ1n) is 12.4. The monoisotopic (exact) mass is 467 g/mol. The zero-order chi connectivity index (χ0) is 25.1. The van der Waals surface area contributed by atoms with E-state index in [9.17, 15) is 0 Å². The lowest BCUT2D eigenvalue weighted by atomic mass is 9.90. The first-order valence-corrected chi connectivity index (χ1v) is 12.4. The second-order valence-electron chi connectivity index (χ2n) is 11.9. The van der Waals surface area contributed by atoms with E-state index < -0.39 is 5.60 Å². The molecule has 6 nitrogen and oxygen atoms in total. The first-order chi connectivity index (χ1) is 15.7. The van der Waals surface area contributed by atoms with Crippen LogP contribution >= 0.6 is 0 Å². The van der Waals surface area contributed by atoms with Gasteiger partial charge < -0.3 is 19.1 Å². The molecule has 1 aliphatic heterocycles. The van der Waals surface area contributed by atoms with Gasteiger partial charge >= 0.3 is 0 Å². The maximum atomic E-state index is 7.58. The van der Waals surface area contributed by atoms with Crippen LogP contribution in [0.4, 0.5) is 11.4 Å². The summed E-state index contributed by atoms with van der Waals surface area (Å²) >= 11 is 0. The molecule has 1 saturated carbocycles. The molecule has 2 heterocycles. The molecule has 0 atom stereocenters. The Hall–Kier alpha value is -2.12. The van der Waals surface area contributed by atoms with Crippen LogP contribution in [0.15, 0.2) is 12.3 Å². The summed E-state index contributed by atoms with van der Waals surface area (Å²) in [5.74, 6) is 6.35. The summed E-state index contributed by atoms with van der Waals surface area (Å²) in [4.78, 5) is 10.4.